The molecule has 0 radical (unpaired) electrons. The lowest BCUT2D eigenvalue weighted by molar-refractivity contribution is 0.0968. The van der Waals surface area contributed by atoms with E-state index in [9.17, 15) is 9.50 Å². The summed E-state index contributed by atoms with van der Waals surface area (Å²) < 4.78 is 18.2. The van der Waals surface area contributed by atoms with Crippen LogP contribution in [0.4, 0.5) is 4.39 Å². The zero-order valence-electron chi connectivity index (χ0n) is 12.8. The van der Waals surface area contributed by atoms with Crippen molar-refractivity contribution in [3.8, 4) is 5.75 Å². The Morgan fingerprint density at radius 2 is 2.14 bits per heavy atom. The van der Waals surface area contributed by atoms with Crippen LogP contribution in [0.25, 0.3) is 0 Å². The number of aliphatic hydroxyl groups excluding tert-OH is 1. The van der Waals surface area contributed by atoms with Crippen LogP contribution >= 0.6 is 11.3 Å². The first kappa shape index (κ1) is 16.9. The van der Waals surface area contributed by atoms with Crippen LogP contribution in [0.3, 0.4) is 0 Å². The topological polar surface area (TPSA) is 54.4 Å². The molecule has 120 valence electrons. The first-order chi connectivity index (χ1) is 10.5. The molecule has 1 aromatic heterocycles. The second-order valence-corrected chi connectivity index (χ2v) is 6.22. The highest BCUT2D eigenvalue weighted by atomic mass is 32.1. The molecule has 2 unspecified atom stereocenters. The first-order valence-corrected chi connectivity index (χ1v) is 8.13. The molecule has 0 aliphatic carbocycles. The molecular formula is C16H21FN2O2S. The fraction of sp³-hybridized carbons (Fsp3) is 0.438. The van der Waals surface area contributed by atoms with Gasteiger partial charge in [-0.1, -0.05) is 6.92 Å². The Bertz CT molecular complexity index is 562. The number of nitrogens with one attached hydrogen (secondary N) is 1. The zero-order chi connectivity index (χ0) is 16.0. The Morgan fingerprint density at radius 1 is 1.41 bits per heavy atom. The Balaban J connectivity index is 1.81. The minimum atomic E-state index is -0.657. The molecule has 2 rings (SSSR count). The average Bonchev–Trinajstić information content (AvgIpc) is 3.07. The van der Waals surface area contributed by atoms with Gasteiger partial charge in [-0.15, -0.1) is 11.3 Å². The van der Waals surface area contributed by atoms with E-state index in [1.54, 1.807) is 29.7 Å². The fourth-order valence-corrected chi connectivity index (χ4v) is 2.82. The average molecular weight is 324 g/mol. The van der Waals surface area contributed by atoms with Crippen molar-refractivity contribution in [1.82, 2.24) is 10.3 Å². The molecular weight excluding hydrogens is 303 g/mol. The third-order valence-electron chi connectivity index (χ3n) is 3.60. The van der Waals surface area contributed by atoms with Gasteiger partial charge >= 0.3 is 0 Å². The van der Waals surface area contributed by atoms with Gasteiger partial charge in [0.05, 0.1) is 5.54 Å². The summed E-state index contributed by atoms with van der Waals surface area (Å²) in [5.74, 6) is 0.232. The smallest absolute Gasteiger partial charge is 0.123 e. The van der Waals surface area contributed by atoms with Gasteiger partial charge in [-0.2, -0.15) is 0 Å². The van der Waals surface area contributed by atoms with E-state index in [0.717, 1.165) is 11.4 Å². The van der Waals surface area contributed by atoms with E-state index in [2.05, 4.69) is 24.1 Å². The van der Waals surface area contributed by atoms with Gasteiger partial charge in [-0.3, -0.25) is 0 Å². The molecule has 22 heavy (non-hydrogen) atoms. The van der Waals surface area contributed by atoms with Crippen molar-refractivity contribution < 1.29 is 14.2 Å². The highest BCUT2D eigenvalue weighted by Crippen LogP contribution is 2.26. The first-order valence-electron chi connectivity index (χ1n) is 7.25. The molecule has 0 amide bonds. The molecule has 0 spiro atoms. The lowest BCUT2D eigenvalue weighted by Crippen LogP contribution is -2.44. The van der Waals surface area contributed by atoms with Crippen LogP contribution < -0.4 is 10.1 Å². The fourth-order valence-electron chi connectivity index (χ4n) is 1.97. The van der Waals surface area contributed by atoms with Crippen molar-refractivity contribution in [3.05, 3.63) is 46.7 Å². The molecule has 0 aliphatic rings. The second kappa shape index (κ2) is 7.67. The van der Waals surface area contributed by atoms with Crippen LogP contribution in [0.15, 0.2) is 35.8 Å². The van der Waals surface area contributed by atoms with Gasteiger partial charge in [0, 0.05) is 18.1 Å². The summed E-state index contributed by atoms with van der Waals surface area (Å²) in [5, 5.41) is 16.3. The van der Waals surface area contributed by atoms with Gasteiger partial charge < -0.3 is 15.2 Å². The van der Waals surface area contributed by atoms with E-state index >= 15 is 0 Å². The molecule has 2 aromatic rings. The van der Waals surface area contributed by atoms with Crippen molar-refractivity contribution in [1.29, 1.82) is 0 Å². The summed E-state index contributed by atoms with van der Waals surface area (Å²) in [6, 6.07) is 5.75. The molecule has 6 heteroatoms. The lowest BCUT2D eigenvalue weighted by atomic mass is 9.99. The van der Waals surface area contributed by atoms with E-state index in [1.807, 2.05) is 5.38 Å². The Kier molecular flexibility index (Phi) is 5.88. The molecule has 2 N–H and O–H groups in total. The van der Waals surface area contributed by atoms with Crippen LogP contribution in [0, 0.1) is 5.82 Å². The number of aliphatic hydroxyl groups is 1. The molecule has 0 saturated carbocycles. The Labute approximate surface area is 134 Å². The van der Waals surface area contributed by atoms with Gasteiger partial charge in [0.25, 0.3) is 0 Å². The summed E-state index contributed by atoms with van der Waals surface area (Å²) in [5.41, 5.74) is -0.259. The summed E-state index contributed by atoms with van der Waals surface area (Å²) >= 11 is 1.60. The monoisotopic (exact) mass is 324 g/mol. The Hall–Kier alpha value is -1.50. The lowest BCUT2D eigenvalue weighted by Gasteiger charge is -2.28. The van der Waals surface area contributed by atoms with E-state index in [-0.39, 0.29) is 18.0 Å². The summed E-state index contributed by atoms with van der Waals surface area (Å²) in [4.78, 5) is 4.35. The SMILES string of the molecule is CCC(C)(NCC(O)COc1ccc(F)cc1)c1nccs1. The van der Waals surface area contributed by atoms with Gasteiger partial charge in [0.15, 0.2) is 0 Å². The molecule has 1 heterocycles. The van der Waals surface area contributed by atoms with Gasteiger partial charge in [0.1, 0.15) is 29.3 Å². The van der Waals surface area contributed by atoms with Gasteiger partial charge in [-0.25, -0.2) is 9.37 Å². The number of aromatic nitrogens is 1. The van der Waals surface area contributed by atoms with Gasteiger partial charge in [-0.05, 0) is 37.6 Å². The predicted octanol–water partition coefficient (Wildman–Crippen LogP) is 2.94. The van der Waals surface area contributed by atoms with E-state index in [4.69, 9.17) is 4.74 Å². The molecule has 0 bridgehead atoms. The van der Waals surface area contributed by atoms with Crippen LogP contribution in [0.2, 0.25) is 0 Å². The van der Waals surface area contributed by atoms with Crippen molar-refractivity contribution in [2.24, 2.45) is 0 Å². The van der Waals surface area contributed by atoms with E-state index in [1.165, 1.54) is 12.1 Å². The summed E-state index contributed by atoms with van der Waals surface area (Å²) in [6.45, 7) is 4.69. The molecule has 0 saturated heterocycles. The van der Waals surface area contributed by atoms with Gasteiger partial charge in [0.2, 0.25) is 0 Å². The van der Waals surface area contributed by atoms with Crippen molar-refractivity contribution in [2.75, 3.05) is 13.2 Å². The minimum Gasteiger partial charge on any atom is -0.491 e. The summed E-state index contributed by atoms with van der Waals surface area (Å²) in [7, 11) is 0. The van der Waals surface area contributed by atoms with E-state index in [0.29, 0.717) is 12.3 Å². The highest BCUT2D eigenvalue weighted by Gasteiger charge is 2.27. The number of halogens is 1. The predicted molar refractivity (Wildman–Crippen MR) is 85.7 cm³/mol. The number of rotatable bonds is 8. The standard InChI is InChI=1S/C16H21FN2O2S/c1-3-16(2,15-18-8-9-22-15)19-10-13(20)11-21-14-6-4-12(17)5-7-14/h4-9,13,19-20H,3,10-11H2,1-2H3. The summed E-state index contributed by atoms with van der Waals surface area (Å²) in [6.07, 6.45) is 1.99. The van der Waals surface area contributed by atoms with Crippen molar-refractivity contribution >= 4 is 11.3 Å². The quantitative estimate of drug-likeness (QED) is 0.784. The maximum Gasteiger partial charge on any atom is 0.123 e. The number of ether oxygens (including phenoxy) is 1. The third kappa shape index (κ3) is 4.50. The minimum absolute atomic E-state index is 0.149. The molecule has 2 atom stereocenters. The molecule has 0 aliphatic heterocycles. The van der Waals surface area contributed by atoms with Crippen molar-refractivity contribution in [3.63, 3.8) is 0 Å². The third-order valence-corrected chi connectivity index (χ3v) is 4.63. The molecule has 0 fully saturated rings. The van der Waals surface area contributed by atoms with Crippen molar-refractivity contribution in [2.45, 2.75) is 31.9 Å². The normalized spacial score (nSPS) is 15.3. The number of benzene rings is 1. The highest BCUT2D eigenvalue weighted by molar-refractivity contribution is 7.09. The Morgan fingerprint density at radius 3 is 2.73 bits per heavy atom. The number of hydrogen-bond acceptors (Lipinski definition) is 5. The van der Waals surface area contributed by atoms with Crippen LogP contribution in [0.5, 0.6) is 5.75 Å². The molecule has 1 aromatic carbocycles. The molecule has 4 nitrogen and oxygen atoms in total. The van der Waals surface area contributed by atoms with Crippen LogP contribution in [-0.2, 0) is 5.54 Å². The van der Waals surface area contributed by atoms with Crippen LogP contribution in [0.1, 0.15) is 25.3 Å². The maximum atomic E-state index is 12.8. The number of thiazole rings is 1. The zero-order valence-corrected chi connectivity index (χ0v) is 13.6. The number of nitrogens with zero attached hydrogens (tertiary/aromatic N) is 1. The van der Waals surface area contributed by atoms with E-state index < -0.39 is 6.10 Å². The van der Waals surface area contributed by atoms with Crippen LogP contribution in [-0.4, -0.2) is 29.3 Å². The maximum absolute atomic E-state index is 12.8. The number of hydrogen-bond donors (Lipinski definition) is 2. The largest absolute Gasteiger partial charge is 0.491 e. The second-order valence-electron chi connectivity index (χ2n) is 5.32.